The van der Waals surface area contributed by atoms with Gasteiger partial charge in [-0.25, -0.2) is 13.2 Å². The van der Waals surface area contributed by atoms with Crippen molar-refractivity contribution in [2.45, 2.75) is 50.2 Å². The van der Waals surface area contributed by atoms with Gasteiger partial charge in [-0.15, -0.1) is 0 Å². The molecule has 1 saturated carbocycles. The van der Waals surface area contributed by atoms with Crippen molar-refractivity contribution in [3.05, 3.63) is 29.6 Å². The molecule has 1 saturated heterocycles. The third kappa shape index (κ3) is 2.51. The van der Waals surface area contributed by atoms with Gasteiger partial charge in [-0.05, 0) is 37.8 Å². The summed E-state index contributed by atoms with van der Waals surface area (Å²) in [5.74, 6) is -3.77. The average molecular weight is 285 g/mol. The highest BCUT2D eigenvalue weighted by molar-refractivity contribution is 5.45. The van der Waals surface area contributed by atoms with Crippen LogP contribution in [0.25, 0.3) is 0 Å². The maximum Gasteiger partial charge on any atom is 0.196 e. The van der Waals surface area contributed by atoms with E-state index >= 15 is 0 Å². The summed E-state index contributed by atoms with van der Waals surface area (Å²) in [6.45, 7) is 0.420. The van der Waals surface area contributed by atoms with Gasteiger partial charge in [0.05, 0.1) is 17.4 Å². The van der Waals surface area contributed by atoms with E-state index in [1.54, 1.807) is 0 Å². The summed E-state index contributed by atoms with van der Waals surface area (Å²) in [5.41, 5.74) is 0.0127. The van der Waals surface area contributed by atoms with Crippen molar-refractivity contribution in [2.75, 3.05) is 11.9 Å². The van der Waals surface area contributed by atoms with Crippen LogP contribution in [0.4, 0.5) is 18.9 Å². The van der Waals surface area contributed by atoms with Gasteiger partial charge in [0.25, 0.3) is 0 Å². The fourth-order valence-electron chi connectivity index (χ4n) is 3.31. The largest absolute Gasteiger partial charge is 0.380 e. The number of rotatable bonds is 3. The second-order valence-corrected chi connectivity index (χ2v) is 5.77. The number of hydrogen-bond donors (Lipinski definition) is 1. The van der Waals surface area contributed by atoms with Gasteiger partial charge in [0.2, 0.25) is 0 Å². The van der Waals surface area contributed by atoms with E-state index in [1.165, 1.54) is 18.9 Å². The minimum absolute atomic E-state index is 0.0140. The van der Waals surface area contributed by atoms with Crippen molar-refractivity contribution in [1.82, 2.24) is 0 Å². The molecule has 1 spiro atoms. The zero-order valence-corrected chi connectivity index (χ0v) is 11.2. The number of nitrogens with one attached hydrogen (secondary N) is 1. The molecular formula is C15H18F3NO. The van der Waals surface area contributed by atoms with E-state index in [1.807, 2.05) is 0 Å². The van der Waals surface area contributed by atoms with Crippen LogP contribution in [0, 0.1) is 17.5 Å². The first-order valence-electron chi connectivity index (χ1n) is 7.15. The van der Waals surface area contributed by atoms with Crippen LogP contribution in [-0.4, -0.2) is 18.2 Å². The number of benzene rings is 1. The highest BCUT2D eigenvalue weighted by Crippen LogP contribution is 2.43. The van der Waals surface area contributed by atoms with Crippen molar-refractivity contribution in [1.29, 1.82) is 0 Å². The molecule has 3 rings (SSSR count). The second-order valence-electron chi connectivity index (χ2n) is 5.77. The molecule has 1 atom stereocenters. The lowest BCUT2D eigenvalue weighted by atomic mass is 9.98. The number of anilines is 1. The highest BCUT2D eigenvalue weighted by Gasteiger charge is 2.41. The molecular weight excluding hydrogens is 267 g/mol. The Bertz CT molecular complexity index is 500. The Morgan fingerprint density at radius 2 is 1.85 bits per heavy atom. The molecule has 1 aromatic rings. The first-order valence-corrected chi connectivity index (χ1v) is 7.15. The molecule has 1 aliphatic heterocycles. The van der Waals surface area contributed by atoms with Crippen molar-refractivity contribution < 1.29 is 17.9 Å². The molecule has 2 fully saturated rings. The Kier molecular flexibility index (Phi) is 3.63. The summed E-state index contributed by atoms with van der Waals surface area (Å²) < 4.78 is 45.5. The topological polar surface area (TPSA) is 21.3 Å². The first kappa shape index (κ1) is 13.7. The Balaban J connectivity index is 1.59. The molecule has 1 N–H and O–H groups in total. The Morgan fingerprint density at radius 1 is 1.10 bits per heavy atom. The third-order valence-corrected chi connectivity index (χ3v) is 4.41. The fraction of sp³-hybridized carbons (Fsp3) is 0.600. The Morgan fingerprint density at radius 3 is 2.60 bits per heavy atom. The van der Waals surface area contributed by atoms with E-state index in [9.17, 15) is 13.2 Å². The summed E-state index contributed by atoms with van der Waals surface area (Å²) in [7, 11) is 0. The molecule has 2 aliphatic rings. The molecule has 0 bridgehead atoms. The van der Waals surface area contributed by atoms with E-state index in [0.717, 1.165) is 31.7 Å². The lowest BCUT2D eigenvalue weighted by Crippen LogP contribution is -2.28. The predicted octanol–water partition coefficient (Wildman–Crippen LogP) is 4.01. The van der Waals surface area contributed by atoms with Gasteiger partial charge in [0, 0.05) is 6.54 Å². The lowest BCUT2D eigenvalue weighted by Gasteiger charge is -2.24. The van der Waals surface area contributed by atoms with Crippen LogP contribution in [0.1, 0.15) is 38.5 Å². The third-order valence-electron chi connectivity index (χ3n) is 4.41. The molecule has 110 valence electrons. The van der Waals surface area contributed by atoms with Crippen LogP contribution >= 0.6 is 0 Å². The van der Waals surface area contributed by atoms with Gasteiger partial charge < -0.3 is 10.1 Å². The average Bonchev–Trinajstić information content (AvgIpc) is 3.06. The Hall–Kier alpha value is -1.23. The monoisotopic (exact) mass is 285 g/mol. The zero-order chi connectivity index (χ0) is 14.2. The summed E-state index contributed by atoms with van der Waals surface area (Å²) in [6.07, 6.45) is 6.60. The predicted molar refractivity (Wildman–Crippen MR) is 70.1 cm³/mol. The van der Waals surface area contributed by atoms with Gasteiger partial charge in [-0.1, -0.05) is 12.8 Å². The smallest absolute Gasteiger partial charge is 0.196 e. The van der Waals surface area contributed by atoms with Crippen molar-refractivity contribution in [3.8, 4) is 0 Å². The standard InChI is InChI=1S/C15H18F3NO/c16-11-3-4-12(14(18)13(11)17)19-9-10-5-8-15(20-10)6-1-2-7-15/h3-4,10,19H,1-2,5-9H2. The van der Waals surface area contributed by atoms with Crippen molar-refractivity contribution in [2.24, 2.45) is 0 Å². The quantitative estimate of drug-likeness (QED) is 0.847. The number of ether oxygens (including phenoxy) is 1. The maximum atomic E-state index is 13.5. The van der Waals surface area contributed by atoms with Crippen LogP contribution in [0.2, 0.25) is 0 Å². The van der Waals surface area contributed by atoms with E-state index in [0.29, 0.717) is 6.54 Å². The van der Waals surface area contributed by atoms with Gasteiger partial charge in [0.15, 0.2) is 17.5 Å². The van der Waals surface area contributed by atoms with Gasteiger partial charge in [-0.2, -0.15) is 0 Å². The molecule has 2 nitrogen and oxygen atoms in total. The summed E-state index contributed by atoms with van der Waals surface area (Å²) in [5, 5.41) is 2.82. The van der Waals surface area contributed by atoms with Crippen LogP contribution in [0.15, 0.2) is 12.1 Å². The molecule has 1 aromatic carbocycles. The van der Waals surface area contributed by atoms with E-state index in [4.69, 9.17) is 4.74 Å². The summed E-state index contributed by atoms with van der Waals surface area (Å²) in [6, 6.07) is 2.14. The van der Waals surface area contributed by atoms with Crippen LogP contribution in [0.5, 0.6) is 0 Å². The fourth-order valence-corrected chi connectivity index (χ4v) is 3.31. The first-order chi connectivity index (χ1) is 9.60. The normalized spacial score (nSPS) is 24.4. The van der Waals surface area contributed by atoms with Crippen LogP contribution in [-0.2, 0) is 4.74 Å². The molecule has 5 heteroatoms. The van der Waals surface area contributed by atoms with Gasteiger partial charge >= 0.3 is 0 Å². The Labute approximate surface area is 116 Å². The molecule has 1 unspecified atom stereocenters. The molecule has 20 heavy (non-hydrogen) atoms. The number of halogens is 3. The molecule has 0 radical (unpaired) electrons. The minimum Gasteiger partial charge on any atom is -0.380 e. The van der Waals surface area contributed by atoms with Crippen LogP contribution in [0.3, 0.4) is 0 Å². The SMILES string of the molecule is Fc1ccc(NCC2CCC3(CCCC3)O2)c(F)c1F. The second kappa shape index (κ2) is 5.28. The molecule has 1 aliphatic carbocycles. The van der Waals surface area contributed by atoms with Crippen molar-refractivity contribution >= 4 is 5.69 Å². The summed E-state index contributed by atoms with van der Waals surface area (Å²) in [4.78, 5) is 0. The molecule has 0 aromatic heterocycles. The molecule has 0 amide bonds. The van der Waals surface area contributed by atoms with Crippen LogP contribution < -0.4 is 5.32 Å². The van der Waals surface area contributed by atoms with E-state index in [2.05, 4.69) is 5.32 Å². The highest BCUT2D eigenvalue weighted by atomic mass is 19.2. The van der Waals surface area contributed by atoms with Gasteiger partial charge in [-0.3, -0.25) is 0 Å². The van der Waals surface area contributed by atoms with E-state index < -0.39 is 17.5 Å². The minimum atomic E-state index is -1.44. The molecule has 1 heterocycles. The van der Waals surface area contributed by atoms with E-state index in [-0.39, 0.29) is 17.4 Å². The zero-order valence-electron chi connectivity index (χ0n) is 11.2. The maximum absolute atomic E-state index is 13.5. The number of hydrogen-bond acceptors (Lipinski definition) is 2. The van der Waals surface area contributed by atoms with Crippen molar-refractivity contribution in [3.63, 3.8) is 0 Å². The van der Waals surface area contributed by atoms with Gasteiger partial charge in [0.1, 0.15) is 0 Å². The lowest BCUT2D eigenvalue weighted by molar-refractivity contribution is -0.0307. The summed E-state index contributed by atoms with van der Waals surface area (Å²) >= 11 is 0.